The van der Waals surface area contributed by atoms with E-state index in [1.807, 2.05) is 30.3 Å². The molecule has 9 nitrogen and oxygen atoms in total. The number of hydrazone groups is 1. The van der Waals surface area contributed by atoms with Crippen molar-refractivity contribution < 1.29 is 19.2 Å². The zero-order valence-corrected chi connectivity index (χ0v) is 13.8. The molecule has 2 amide bonds. The predicted octanol–water partition coefficient (Wildman–Crippen LogP) is 1.37. The highest BCUT2D eigenvalue weighted by atomic mass is 16.6. The molecule has 0 saturated heterocycles. The fraction of sp³-hybridized carbons (Fsp3) is 0.118. The highest BCUT2D eigenvalue weighted by Gasteiger charge is 2.15. The Morgan fingerprint density at radius 2 is 1.92 bits per heavy atom. The molecule has 0 spiro atoms. The molecule has 0 aromatic heterocycles. The first-order valence-electron chi connectivity index (χ1n) is 7.49. The first kappa shape index (κ1) is 18.6. The maximum Gasteiger partial charge on any atom is 0.329 e. The van der Waals surface area contributed by atoms with Crippen molar-refractivity contribution in [3.8, 4) is 5.75 Å². The van der Waals surface area contributed by atoms with Gasteiger partial charge in [0, 0.05) is 18.2 Å². The van der Waals surface area contributed by atoms with Crippen molar-refractivity contribution in [1.82, 2.24) is 10.7 Å². The molecule has 0 aliphatic rings. The molecule has 2 N–H and O–H groups in total. The second-order valence-corrected chi connectivity index (χ2v) is 5.06. The Morgan fingerprint density at radius 3 is 2.58 bits per heavy atom. The van der Waals surface area contributed by atoms with Gasteiger partial charge in [-0.2, -0.15) is 5.10 Å². The van der Waals surface area contributed by atoms with Crippen LogP contribution >= 0.6 is 0 Å². The molecule has 134 valence electrons. The van der Waals surface area contributed by atoms with Crippen molar-refractivity contribution in [2.75, 3.05) is 7.11 Å². The van der Waals surface area contributed by atoms with Crippen LogP contribution in [0.3, 0.4) is 0 Å². The summed E-state index contributed by atoms with van der Waals surface area (Å²) in [5, 5.41) is 17.0. The molecule has 2 aromatic carbocycles. The topological polar surface area (TPSA) is 123 Å². The number of nitrogens with zero attached hydrogens (tertiary/aromatic N) is 2. The molecular formula is C17H16N4O5. The monoisotopic (exact) mass is 356 g/mol. The number of ether oxygens (including phenoxy) is 1. The van der Waals surface area contributed by atoms with E-state index >= 15 is 0 Å². The summed E-state index contributed by atoms with van der Waals surface area (Å²) < 4.78 is 4.89. The Kier molecular flexibility index (Phi) is 6.38. The van der Waals surface area contributed by atoms with Crippen LogP contribution in [0, 0.1) is 10.1 Å². The number of nitro groups is 1. The first-order valence-corrected chi connectivity index (χ1v) is 7.49. The largest absolute Gasteiger partial charge is 0.490 e. The van der Waals surface area contributed by atoms with E-state index in [1.54, 1.807) is 0 Å². The van der Waals surface area contributed by atoms with Gasteiger partial charge in [-0.05, 0) is 17.7 Å². The van der Waals surface area contributed by atoms with Gasteiger partial charge in [-0.1, -0.05) is 30.3 Å². The number of rotatable bonds is 6. The van der Waals surface area contributed by atoms with E-state index in [2.05, 4.69) is 15.8 Å². The van der Waals surface area contributed by atoms with Gasteiger partial charge >= 0.3 is 17.5 Å². The molecule has 2 aromatic rings. The number of hydrogen-bond acceptors (Lipinski definition) is 6. The molecule has 0 atom stereocenters. The van der Waals surface area contributed by atoms with Gasteiger partial charge in [0.2, 0.25) is 0 Å². The molecule has 0 aliphatic carbocycles. The van der Waals surface area contributed by atoms with E-state index < -0.39 is 16.7 Å². The smallest absolute Gasteiger partial charge is 0.329 e. The fourth-order valence-electron chi connectivity index (χ4n) is 2.00. The molecule has 0 heterocycles. The Hall–Kier alpha value is -3.75. The summed E-state index contributed by atoms with van der Waals surface area (Å²) >= 11 is 0. The summed E-state index contributed by atoms with van der Waals surface area (Å²) in [6.07, 6.45) is 1.19. The third-order valence-corrected chi connectivity index (χ3v) is 3.28. The van der Waals surface area contributed by atoms with E-state index in [-0.39, 0.29) is 18.0 Å². The van der Waals surface area contributed by atoms with E-state index in [0.717, 1.165) is 5.56 Å². The lowest BCUT2D eigenvalue weighted by atomic mass is 10.2. The summed E-state index contributed by atoms with van der Waals surface area (Å²) in [4.78, 5) is 33.7. The standard InChI is InChI=1S/C17H16N4O5/c1-26-15-8-7-13(9-14(15)21(24)25)11-19-20-17(23)16(22)18-10-12-5-3-2-4-6-12/h2-9,11H,10H2,1H3,(H,18,22)(H,20,23)/b19-11-. The van der Waals surface area contributed by atoms with E-state index in [1.165, 1.54) is 31.5 Å². The van der Waals surface area contributed by atoms with E-state index in [4.69, 9.17) is 4.74 Å². The first-order chi connectivity index (χ1) is 12.5. The normalized spacial score (nSPS) is 10.3. The number of methoxy groups -OCH3 is 1. The van der Waals surface area contributed by atoms with E-state index in [0.29, 0.717) is 5.56 Å². The zero-order valence-electron chi connectivity index (χ0n) is 13.8. The number of nitro benzene ring substituents is 1. The highest BCUT2D eigenvalue weighted by Crippen LogP contribution is 2.26. The van der Waals surface area contributed by atoms with Crippen molar-refractivity contribution in [2.24, 2.45) is 5.10 Å². The Balaban J connectivity index is 1.91. The van der Waals surface area contributed by atoms with Gasteiger partial charge in [-0.3, -0.25) is 19.7 Å². The second-order valence-electron chi connectivity index (χ2n) is 5.06. The molecule has 0 bridgehead atoms. The molecule has 2 rings (SSSR count). The van der Waals surface area contributed by atoms with Crippen LogP contribution in [-0.2, 0) is 16.1 Å². The van der Waals surface area contributed by atoms with Crippen molar-refractivity contribution in [3.63, 3.8) is 0 Å². The van der Waals surface area contributed by atoms with Gasteiger partial charge < -0.3 is 10.1 Å². The maximum absolute atomic E-state index is 11.7. The van der Waals surface area contributed by atoms with Gasteiger partial charge in [-0.25, -0.2) is 5.43 Å². The summed E-state index contributed by atoms with van der Waals surface area (Å²) in [7, 11) is 1.32. The summed E-state index contributed by atoms with van der Waals surface area (Å²) in [6.45, 7) is 0.210. The molecule has 0 saturated carbocycles. The quantitative estimate of drug-likeness (QED) is 0.350. The molecule has 0 aliphatic heterocycles. The number of benzene rings is 2. The third kappa shape index (κ3) is 5.13. The molecular weight excluding hydrogens is 340 g/mol. The molecule has 9 heteroatoms. The lowest BCUT2D eigenvalue weighted by molar-refractivity contribution is -0.385. The molecule has 0 radical (unpaired) electrons. The van der Waals surface area contributed by atoms with Crippen LogP contribution in [0.25, 0.3) is 0 Å². The van der Waals surface area contributed by atoms with Crippen LogP contribution in [0.2, 0.25) is 0 Å². The average Bonchev–Trinajstić information content (AvgIpc) is 2.66. The number of amides is 2. The zero-order chi connectivity index (χ0) is 18.9. The number of carbonyl (C=O) groups is 2. The Labute approximate surface area is 148 Å². The van der Waals surface area contributed by atoms with Crippen molar-refractivity contribution >= 4 is 23.7 Å². The lowest BCUT2D eigenvalue weighted by Crippen LogP contribution is -2.37. The highest BCUT2D eigenvalue weighted by molar-refractivity contribution is 6.35. The van der Waals surface area contributed by atoms with Crippen LogP contribution < -0.4 is 15.5 Å². The summed E-state index contributed by atoms with van der Waals surface area (Å²) in [6, 6.07) is 13.3. The Morgan fingerprint density at radius 1 is 1.19 bits per heavy atom. The second kappa shape index (κ2) is 8.92. The van der Waals surface area contributed by atoms with E-state index in [9.17, 15) is 19.7 Å². The maximum atomic E-state index is 11.7. The molecule has 26 heavy (non-hydrogen) atoms. The van der Waals surface area contributed by atoms with Gasteiger partial charge in [-0.15, -0.1) is 0 Å². The van der Waals surface area contributed by atoms with Gasteiger partial charge in [0.15, 0.2) is 5.75 Å². The van der Waals surface area contributed by atoms with Crippen LogP contribution in [0.15, 0.2) is 53.6 Å². The van der Waals surface area contributed by atoms with Crippen LogP contribution in [0.1, 0.15) is 11.1 Å². The van der Waals surface area contributed by atoms with Crippen LogP contribution in [0.5, 0.6) is 5.75 Å². The number of carbonyl (C=O) groups excluding carboxylic acids is 2. The minimum absolute atomic E-state index is 0.108. The number of nitrogens with one attached hydrogen (secondary N) is 2. The van der Waals surface area contributed by atoms with Gasteiger partial charge in [0.25, 0.3) is 0 Å². The van der Waals surface area contributed by atoms with Crippen molar-refractivity contribution in [2.45, 2.75) is 6.54 Å². The SMILES string of the molecule is COc1ccc(/C=N\NC(=O)C(=O)NCc2ccccc2)cc1[N+](=O)[O-]. The predicted molar refractivity (Wildman–Crippen MR) is 93.7 cm³/mol. The Bertz CT molecular complexity index is 836. The molecule has 0 fully saturated rings. The summed E-state index contributed by atoms with van der Waals surface area (Å²) in [5.41, 5.74) is 3.04. The van der Waals surface area contributed by atoms with Gasteiger partial charge in [0.1, 0.15) is 0 Å². The van der Waals surface area contributed by atoms with Crippen molar-refractivity contribution in [1.29, 1.82) is 0 Å². The molecule has 0 unspecified atom stereocenters. The number of hydrogen-bond donors (Lipinski definition) is 2. The summed E-state index contributed by atoms with van der Waals surface area (Å²) in [5.74, 6) is -1.68. The lowest BCUT2D eigenvalue weighted by Gasteiger charge is -2.04. The third-order valence-electron chi connectivity index (χ3n) is 3.28. The fourth-order valence-corrected chi connectivity index (χ4v) is 2.00. The van der Waals surface area contributed by atoms with Gasteiger partial charge in [0.05, 0.1) is 18.2 Å². The minimum Gasteiger partial charge on any atom is -0.490 e. The minimum atomic E-state index is -0.944. The average molecular weight is 356 g/mol. The van der Waals surface area contributed by atoms with Crippen molar-refractivity contribution in [3.05, 3.63) is 69.8 Å². The van der Waals surface area contributed by atoms with Crippen LogP contribution in [-0.4, -0.2) is 30.1 Å². The van der Waals surface area contributed by atoms with Crippen LogP contribution in [0.4, 0.5) is 5.69 Å².